The van der Waals surface area contributed by atoms with Gasteiger partial charge in [0.1, 0.15) is 6.33 Å². The SMILES string of the molecule is CCNc1ncnc(NCCN(C)C(C)CC)c1OC. The first-order valence-corrected chi connectivity index (χ1v) is 7.20. The van der Waals surface area contributed by atoms with Crippen LogP contribution in [0.1, 0.15) is 27.2 Å². The molecular weight excluding hydrogens is 254 g/mol. The highest BCUT2D eigenvalue weighted by Crippen LogP contribution is 2.28. The molecule has 6 nitrogen and oxygen atoms in total. The second-order valence-corrected chi connectivity index (χ2v) is 4.80. The molecule has 0 saturated heterocycles. The maximum atomic E-state index is 5.39. The summed E-state index contributed by atoms with van der Waals surface area (Å²) in [4.78, 5) is 10.8. The lowest BCUT2D eigenvalue weighted by Crippen LogP contribution is -2.32. The van der Waals surface area contributed by atoms with Gasteiger partial charge in [0.15, 0.2) is 11.6 Å². The van der Waals surface area contributed by atoms with Gasteiger partial charge in [0.25, 0.3) is 0 Å². The summed E-state index contributed by atoms with van der Waals surface area (Å²) in [6.45, 7) is 9.02. The van der Waals surface area contributed by atoms with E-state index in [0.29, 0.717) is 11.8 Å². The van der Waals surface area contributed by atoms with Gasteiger partial charge in [-0.25, -0.2) is 9.97 Å². The fraction of sp³-hybridized carbons (Fsp3) is 0.714. The van der Waals surface area contributed by atoms with Gasteiger partial charge >= 0.3 is 0 Å². The highest BCUT2D eigenvalue weighted by atomic mass is 16.5. The average molecular weight is 281 g/mol. The van der Waals surface area contributed by atoms with Crippen LogP contribution in [0.4, 0.5) is 11.6 Å². The molecule has 0 fully saturated rings. The molecule has 1 unspecified atom stereocenters. The van der Waals surface area contributed by atoms with E-state index in [9.17, 15) is 0 Å². The largest absolute Gasteiger partial charge is 0.490 e. The van der Waals surface area contributed by atoms with Crippen LogP contribution in [0, 0.1) is 0 Å². The molecule has 2 N–H and O–H groups in total. The Kier molecular flexibility index (Phi) is 7.08. The van der Waals surface area contributed by atoms with Crippen molar-refractivity contribution in [1.82, 2.24) is 14.9 Å². The number of hydrogen-bond acceptors (Lipinski definition) is 6. The first-order chi connectivity index (χ1) is 9.63. The van der Waals surface area contributed by atoms with Crippen molar-refractivity contribution in [3.8, 4) is 5.75 Å². The van der Waals surface area contributed by atoms with Gasteiger partial charge in [-0.3, -0.25) is 0 Å². The Morgan fingerprint density at radius 2 is 1.90 bits per heavy atom. The Morgan fingerprint density at radius 3 is 2.45 bits per heavy atom. The summed E-state index contributed by atoms with van der Waals surface area (Å²) in [5.41, 5.74) is 0. The Morgan fingerprint density at radius 1 is 1.25 bits per heavy atom. The molecule has 20 heavy (non-hydrogen) atoms. The minimum Gasteiger partial charge on any atom is -0.490 e. The molecule has 0 radical (unpaired) electrons. The number of ether oxygens (including phenoxy) is 1. The summed E-state index contributed by atoms with van der Waals surface area (Å²) in [5.74, 6) is 2.12. The summed E-state index contributed by atoms with van der Waals surface area (Å²) in [6.07, 6.45) is 2.69. The van der Waals surface area contributed by atoms with Crippen LogP contribution in [-0.2, 0) is 0 Å². The van der Waals surface area contributed by atoms with Gasteiger partial charge in [0.05, 0.1) is 7.11 Å². The Hall–Kier alpha value is -1.56. The number of rotatable bonds is 9. The highest BCUT2D eigenvalue weighted by Gasteiger charge is 2.12. The second-order valence-electron chi connectivity index (χ2n) is 4.80. The lowest BCUT2D eigenvalue weighted by atomic mass is 10.2. The zero-order valence-electron chi connectivity index (χ0n) is 13.2. The highest BCUT2D eigenvalue weighted by molar-refractivity contribution is 5.63. The minimum absolute atomic E-state index is 0.585. The minimum atomic E-state index is 0.585. The number of nitrogens with one attached hydrogen (secondary N) is 2. The van der Waals surface area contributed by atoms with Crippen LogP contribution in [0.5, 0.6) is 5.75 Å². The van der Waals surface area contributed by atoms with Crippen molar-refractivity contribution in [2.75, 3.05) is 44.4 Å². The van der Waals surface area contributed by atoms with Gasteiger partial charge in [-0.05, 0) is 27.3 Å². The average Bonchev–Trinajstić information content (AvgIpc) is 2.46. The topological polar surface area (TPSA) is 62.3 Å². The summed E-state index contributed by atoms with van der Waals surface area (Å²) in [5, 5.41) is 6.48. The van der Waals surface area contributed by atoms with Gasteiger partial charge in [-0.15, -0.1) is 0 Å². The third-order valence-corrected chi connectivity index (χ3v) is 3.45. The molecule has 1 atom stereocenters. The van der Waals surface area contributed by atoms with Crippen molar-refractivity contribution in [2.45, 2.75) is 33.2 Å². The summed E-state index contributed by atoms with van der Waals surface area (Å²) in [7, 11) is 3.77. The molecule has 0 aliphatic heterocycles. The third kappa shape index (κ3) is 4.52. The van der Waals surface area contributed by atoms with Crippen molar-refractivity contribution in [3.05, 3.63) is 6.33 Å². The van der Waals surface area contributed by atoms with Crippen molar-refractivity contribution in [2.24, 2.45) is 0 Å². The maximum Gasteiger partial charge on any atom is 0.204 e. The van der Waals surface area contributed by atoms with E-state index in [4.69, 9.17) is 4.74 Å². The standard InChI is InChI=1S/C14H27N5O/c1-6-11(3)19(4)9-8-16-14-12(20-5)13(15-7-2)17-10-18-14/h10-11H,6-9H2,1-5H3,(H2,15,16,17,18). The number of hydrogen-bond donors (Lipinski definition) is 2. The number of likely N-dealkylation sites (N-methyl/N-ethyl adjacent to an activating group) is 1. The number of methoxy groups -OCH3 is 1. The van der Waals surface area contributed by atoms with E-state index in [-0.39, 0.29) is 0 Å². The number of nitrogens with zero attached hydrogens (tertiary/aromatic N) is 3. The Bertz CT molecular complexity index is 399. The Labute approximate surface area is 121 Å². The quantitative estimate of drug-likeness (QED) is 0.722. The molecule has 1 heterocycles. The molecule has 0 saturated carbocycles. The lowest BCUT2D eigenvalue weighted by molar-refractivity contribution is 0.261. The Balaban J connectivity index is 2.61. The van der Waals surface area contributed by atoms with E-state index in [2.05, 4.69) is 46.4 Å². The fourth-order valence-corrected chi connectivity index (χ4v) is 1.87. The van der Waals surface area contributed by atoms with Crippen LogP contribution in [0.2, 0.25) is 0 Å². The van der Waals surface area contributed by atoms with Gasteiger partial charge in [0, 0.05) is 25.7 Å². The first-order valence-electron chi connectivity index (χ1n) is 7.20. The smallest absolute Gasteiger partial charge is 0.204 e. The molecule has 0 amide bonds. The first kappa shape index (κ1) is 16.5. The summed E-state index contributed by atoms with van der Waals surface area (Å²) >= 11 is 0. The zero-order valence-corrected chi connectivity index (χ0v) is 13.2. The molecule has 1 rings (SSSR count). The molecule has 1 aromatic rings. The van der Waals surface area contributed by atoms with E-state index >= 15 is 0 Å². The van der Waals surface area contributed by atoms with Crippen molar-refractivity contribution in [1.29, 1.82) is 0 Å². The van der Waals surface area contributed by atoms with Crippen LogP contribution in [0.15, 0.2) is 6.33 Å². The van der Waals surface area contributed by atoms with Crippen molar-refractivity contribution < 1.29 is 4.74 Å². The zero-order chi connectivity index (χ0) is 15.0. The molecule has 6 heteroatoms. The van der Waals surface area contributed by atoms with Crippen molar-refractivity contribution >= 4 is 11.6 Å². The normalized spacial score (nSPS) is 12.3. The summed E-state index contributed by atoms with van der Waals surface area (Å²) in [6, 6.07) is 0.585. The van der Waals surface area contributed by atoms with Crippen LogP contribution >= 0.6 is 0 Å². The van der Waals surface area contributed by atoms with E-state index in [0.717, 1.165) is 37.7 Å². The lowest BCUT2D eigenvalue weighted by Gasteiger charge is -2.23. The third-order valence-electron chi connectivity index (χ3n) is 3.45. The van der Waals surface area contributed by atoms with Gasteiger partial charge < -0.3 is 20.3 Å². The maximum absolute atomic E-state index is 5.39. The number of aromatic nitrogens is 2. The van der Waals surface area contributed by atoms with Crippen molar-refractivity contribution in [3.63, 3.8) is 0 Å². The van der Waals surface area contributed by atoms with E-state index in [1.165, 1.54) is 0 Å². The van der Waals surface area contributed by atoms with E-state index in [1.54, 1.807) is 13.4 Å². The van der Waals surface area contributed by atoms with Gasteiger partial charge in [-0.2, -0.15) is 0 Å². The second kappa shape index (κ2) is 8.58. The molecule has 0 aliphatic rings. The molecule has 0 spiro atoms. The van der Waals surface area contributed by atoms with Crippen LogP contribution in [-0.4, -0.2) is 54.7 Å². The summed E-state index contributed by atoms with van der Waals surface area (Å²) < 4.78 is 5.39. The molecule has 0 aliphatic carbocycles. The predicted octanol–water partition coefficient (Wildman–Crippen LogP) is 2.06. The predicted molar refractivity (Wildman–Crippen MR) is 83.6 cm³/mol. The van der Waals surface area contributed by atoms with Gasteiger partial charge in [-0.1, -0.05) is 6.92 Å². The van der Waals surface area contributed by atoms with Crippen LogP contribution in [0.3, 0.4) is 0 Å². The van der Waals surface area contributed by atoms with E-state index in [1.807, 2.05) is 6.92 Å². The molecule has 0 bridgehead atoms. The molecule has 114 valence electrons. The fourth-order valence-electron chi connectivity index (χ4n) is 1.87. The molecular formula is C14H27N5O. The number of anilines is 2. The monoisotopic (exact) mass is 281 g/mol. The van der Waals surface area contributed by atoms with E-state index < -0.39 is 0 Å². The molecule has 1 aromatic heterocycles. The van der Waals surface area contributed by atoms with Crippen LogP contribution < -0.4 is 15.4 Å². The van der Waals surface area contributed by atoms with Crippen LogP contribution in [0.25, 0.3) is 0 Å². The van der Waals surface area contributed by atoms with Gasteiger partial charge in [0.2, 0.25) is 5.75 Å². The molecule has 0 aromatic carbocycles.